The van der Waals surface area contributed by atoms with Gasteiger partial charge in [-0.05, 0) is 38.5 Å². The van der Waals surface area contributed by atoms with Crippen LogP contribution in [0.25, 0.3) is 0 Å². The Morgan fingerprint density at radius 1 is 1.19 bits per heavy atom. The Labute approximate surface area is 155 Å². The zero-order chi connectivity index (χ0) is 18.8. The highest BCUT2D eigenvalue weighted by Crippen LogP contribution is 2.17. The number of hydrogen-bond acceptors (Lipinski definition) is 4. The van der Waals surface area contributed by atoms with Gasteiger partial charge < -0.3 is 20.1 Å². The van der Waals surface area contributed by atoms with Gasteiger partial charge in [-0.3, -0.25) is 4.99 Å². The zero-order valence-corrected chi connectivity index (χ0v) is 16.0. The molecule has 0 saturated carbocycles. The Hall–Kier alpha value is -2.76. The number of nitrogens with one attached hydrogen (secondary N) is 2. The molecule has 26 heavy (non-hydrogen) atoms. The Balaban J connectivity index is 1.83. The topological polar surface area (TPSA) is 67.8 Å². The van der Waals surface area contributed by atoms with Crippen LogP contribution >= 0.6 is 0 Å². The molecule has 0 spiro atoms. The molecule has 0 aliphatic heterocycles. The number of pyridine rings is 1. The molecule has 0 aliphatic carbocycles. The van der Waals surface area contributed by atoms with Gasteiger partial charge in [0.05, 0.1) is 13.2 Å². The molecule has 1 heterocycles. The van der Waals surface area contributed by atoms with E-state index in [4.69, 9.17) is 9.47 Å². The van der Waals surface area contributed by atoms with E-state index in [1.165, 1.54) is 0 Å². The number of benzene rings is 1. The Morgan fingerprint density at radius 3 is 2.73 bits per heavy atom. The fraction of sp³-hybridized carbons (Fsp3) is 0.400. The molecular weight excluding hydrogens is 328 g/mol. The van der Waals surface area contributed by atoms with Crippen molar-refractivity contribution in [3.63, 3.8) is 0 Å². The van der Waals surface area contributed by atoms with Gasteiger partial charge in [0.2, 0.25) is 5.88 Å². The van der Waals surface area contributed by atoms with E-state index in [0.29, 0.717) is 31.5 Å². The first-order valence-corrected chi connectivity index (χ1v) is 8.87. The normalized spacial score (nSPS) is 12.4. The van der Waals surface area contributed by atoms with E-state index in [9.17, 15) is 0 Å². The van der Waals surface area contributed by atoms with Crippen molar-refractivity contribution in [3.05, 3.63) is 53.7 Å². The lowest BCUT2D eigenvalue weighted by Gasteiger charge is -2.19. The van der Waals surface area contributed by atoms with E-state index in [1.807, 2.05) is 57.2 Å². The Kier molecular flexibility index (Phi) is 7.74. The van der Waals surface area contributed by atoms with E-state index in [-0.39, 0.29) is 6.10 Å². The van der Waals surface area contributed by atoms with Crippen molar-refractivity contribution < 1.29 is 9.47 Å². The number of nitrogens with zero attached hydrogens (tertiary/aromatic N) is 2. The molecule has 2 aromatic rings. The molecule has 1 unspecified atom stereocenters. The summed E-state index contributed by atoms with van der Waals surface area (Å²) >= 11 is 0. The summed E-state index contributed by atoms with van der Waals surface area (Å²) in [5.74, 6) is 2.26. The predicted octanol–water partition coefficient (Wildman–Crippen LogP) is 2.92. The molecule has 2 N–H and O–H groups in total. The second-order valence-electron chi connectivity index (χ2n) is 5.90. The minimum absolute atomic E-state index is 0.00651. The van der Waals surface area contributed by atoms with Crippen molar-refractivity contribution in [3.8, 4) is 11.6 Å². The third-order valence-electron chi connectivity index (χ3n) is 3.78. The van der Waals surface area contributed by atoms with Crippen molar-refractivity contribution in [2.24, 2.45) is 4.99 Å². The van der Waals surface area contributed by atoms with Gasteiger partial charge in [0.1, 0.15) is 11.9 Å². The van der Waals surface area contributed by atoms with Crippen LogP contribution in [0.5, 0.6) is 11.6 Å². The van der Waals surface area contributed by atoms with Crippen molar-refractivity contribution >= 4 is 5.96 Å². The lowest BCUT2D eigenvalue weighted by atomic mass is 10.2. The first kappa shape index (κ1) is 19.6. The number of guanidine groups is 1. The van der Waals surface area contributed by atoms with E-state index in [2.05, 4.69) is 20.6 Å². The summed E-state index contributed by atoms with van der Waals surface area (Å²) in [6.45, 7) is 7.82. The van der Waals surface area contributed by atoms with Crippen LogP contribution in [0.4, 0.5) is 0 Å². The van der Waals surface area contributed by atoms with Crippen LogP contribution in [-0.2, 0) is 6.54 Å². The Morgan fingerprint density at radius 2 is 2.00 bits per heavy atom. The van der Waals surface area contributed by atoms with E-state index in [1.54, 1.807) is 13.2 Å². The Bertz CT molecular complexity index is 718. The molecule has 1 atom stereocenters. The number of aliphatic imine (C=N–C) groups is 1. The molecule has 0 radical (unpaired) electrons. The number of aryl methyl sites for hydroxylation is 1. The number of hydrogen-bond donors (Lipinski definition) is 2. The zero-order valence-electron chi connectivity index (χ0n) is 16.0. The maximum absolute atomic E-state index is 5.98. The highest BCUT2D eigenvalue weighted by atomic mass is 16.5. The van der Waals surface area contributed by atoms with Crippen LogP contribution in [0.15, 0.2) is 47.6 Å². The summed E-state index contributed by atoms with van der Waals surface area (Å²) in [5.41, 5.74) is 2.11. The minimum Gasteiger partial charge on any atom is -0.489 e. The number of aromatic nitrogens is 1. The molecule has 140 valence electrons. The number of rotatable bonds is 8. The molecule has 1 aromatic heterocycles. The average Bonchev–Trinajstić information content (AvgIpc) is 2.65. The monoisotopic (exact) mass is 356 g/mol. The summed E-state index contributed by atoms with van der Waals surface area (Å²) in [5, 5.41) is 6.56. The number of para-hydroxylation sites is 1. The van der Waals surface area contributed by atoms with Gasteiger partial charge >= 0.3 is 0 Å². The average molecular weight is 356 g/mol. The lowest BCUT2D eigenvalue weighted by Crippen LogP contribution is -2.41. The third kappa shape index (κ3) is 5.95. The van der Waals surface area contributed by atoms with Crippen LogP contribution in [-0.4, -0.2) is 37.2 Å². The van der Waals surface area contributed by atoms with Crippen molar-refractivity contribution in [1.82, 2.24) is 15.6 Å². The molecule has 0 amide bonds. The van der Waals surface area contributed by atoms with Crippen LogP contribution in [0.3, 0.4) is 0 Å². The quantitative estimate of drug-likeness (QED) is 0.562. The maximum Gasteiger partial charge on any atom is 0.218 e. The van der Waals surface area contributed by atoms with Gasteiger partial charge in [0.25, 0.3) is 0 Å². The summed E-state index contributed by atoms with van der Waals surface area (Å²) in [6.07, 6.45) is 1.73. The highest BCUT2D eigenvalue weighted by molar-refractivity contribution is 5.79. The highest BCUT2D eigenvalue weighted by Gasteiger charge is 2.09. The lowest BCUT2D eigenvalue weighted by molar-refractivity contribution is 0.222. The van der Waals surface area contributed by atoms with Gasteiger partial charge in [-0.2, -0.15) is 0 Å². The van der Waals surface area contributed by atoms with Crippen LogP contribution < -0.4 is 20.1 Å². The molecule has 0 bridgehead atoms. The summed E-state index contributed by atoms with van der Waals surface area (Å²) < 4.78 is 11.5. The molecule has 0 aliphatic rings. The van der Waals surface area contributed by atoms with Crippen LogP contribution in [0.1, 0.15) is 25.0 Å². The fourth-order valence-electron chi connectivity index (χ4n) is 2.41. The summed E-state index contributed by atoms with van der Waals surface area (Å²) in [6, 6.07) is 11.9. The molecule has 6 nitrogen and oxygen atoms in total. The molecular formula is C20H28N4O2. The first-order chi connectivity index (χ1) is 12.6. The van der Waals surface area contributed by atoms with Crippen LogP contribution in [0.2, 0.25) is 0 Å². The van der Waals surface area contributed by atoms with Crippen molar-refractivity contribution in [2.45, 2.75) is 33.4 Å². The molecule has 6 heteroatoms. The van der Waals surface area contributed by atoms with Gasteiger partial charge in [0.15, 0.2) is 5.96 Å². The molecule has 2 rings (SSSR count). The first-order valence-electron chi connectivity index (χ1n) is 8.87. The van der Waals surface area contributed by atoms with Crippen LogP contribution in [0, 0.1) is 6.92 Å². The van der Waals surface area contributed by atoms with Gasteiger partial charge in [-0.1, -0.05) is 24.3 Å². The molecule has 0 fully saturated rings. The minimum atomic E-state index is 0.00651. The van der Waals surface area contributed by atoms with Gasteiger partial charge in [0, 0.05) is 25.4 Å². The standard InChI is InChI=1S/C20H28N4O2/c1-5-25-19-17(10-8-12-22-19)14-24-20(21-4)23-13-16(3)26-18-11-7-6-9-15(18)2/h6-12,16H,5,13-14H2,1-4H3,(H2,21,23,24). The van der Waals surface area contributed by atoms with E-state index < -0.39 is 0 Å². The predicted molar refractivity (Wildman–Crippen MR) is 105 cm³/mol. The SMILES string of the molecule is CCOc1ncccc1CNC(=NC)NCC(C)Oc1ccccc1C. The summed E-state index contributed by atoms with van der Waals surface area (Å²) in [4.78, 5) is 8.51. The molecule has 1 aromatic carbocycles. The fourth-order valence-corrected chi connectivity index (χ4v) is 2.41. The van der Waals surface area contributed by atoms with E-state index in [0.717, 1.165) is 16.9 Å². The second-order valence-corrected chi connectivity index (χ2v) is 5.90. The van der Waals surface area contributed by atoms with Crippen molar-refractivity contribution in [1.29, 1.82) is 0 Å². The number of ether oxygens (including phenoxy) is 2. The second kappa shape index (κ2) is 10.3. The molecule has 0 saturated heterocycles. The van der Waals surface area contributed by atoms with E-state index >= 15 is 0 Å². The van der Waals surface area contributed by atoms with Gasteiger partial charge in [-0.15, -0.1) is 0 Å². The van der Waals surface area contributed by atoms with Crippen molar-refractivity contribution in [2.75, 3.05) is 20.2 Å². The van der Waals surface area contributed by atoms with Gasteiger partial charge in [-0.25, -0.2) is 4.98 Å². The third-order valence-corrected chi connectivity index (χ3v) is 3.78. The largest absolute Gasteiger partial charge is 0.489 e. The summed E-state index contributed by atoms with van der Waals surface area (Å²) in [7, 11) is 1.74. The maximum atomic E-state index is 5.98. The smallest absolute Gasteiger partial charge is 0.218 e.